The van der Waals surface area contributed by atoms with Gasteiger partial charge in [-0.2, -0.15) is 8.78 Å². The lowest BCUT2D eigenvalue weighted by molar-refractivity contribution is -0.185. The lowest BCUT2D eigenvalue weighted by Gasteiger charge is -2.31. The number of carbonyl (C=O) groups is 2. The minimum Gasteiger partial charge on any atom is -0.494 e. The molecule has 0 bridgehead atoms. The molecule has 0 heterocycles. The summed E-state index contributed by atoms with van der Waals surface area (Å²) < 4.78 is 56.8. The van der Waals surface area contributed by atoms with Crippen molar-refractivity contribution >= 4 is 46.0 Å². The molecule has 0 amide bonds. The monoisotopic (exact) mass is 672 g/mol. The van der Waals surface area contributed by atoms with Crippen LogP contribution < -0.4 is 20.9 Å². The topological polar surface area (TPSA) is 132 Å². The predicted molar refractivity (Wildman–Crippen MR) is 180 cm³/mol. The van der Waals surface area contributed by atoms with Crippen LogP contribution in [0.4, 0.5) is 20.2 Å². The summed E-state index contributed by atoms with van der Waals surface area (Å²) in [5.74, 6) is -0.879. The van der Waals surface area contributed by atoms with Crippen LogP contribution in [0.2, 0.25) is 38.8 Å². The van der Waals surface area contributed by atoms with E-state index in [0.717, 1.165) is 12.5 Å². The van der Waals surface area contributed by atoms with Crippen LogP contribution in [0.5, 0.6) is 11.5 Å². The van der Waals surface area contributed by atoms with Crippen LogP contribution in [0.15, 0.2) is 72.8 Å². The molecule has 0 radical (unpaired) electrons. The van der Waals surface area contributed by atoms with Gasteiger partial charge in [-0.15, -0.1) is 0 Å². The Morgan fingerprint density at radius 3 is 2.00 bits per heavy atom. The average Bonchev–Trinajstić information content (AvgIpc) is 2.95. The zero-order valence-corrected chi connectivity index (χ0v) is 28.8. The van der Waals surface area contributed by atoms with Crippen molar-refractivity contribution in [1.29, 1.82) is 0 Å². The van der Waals surface area contributed by atoms with Gasteiger partial charge >= 0.3 is 18.0 Å². The Morgan fingerprint density at radius 1 is 0.804 bits per heavy atom. The van der Waals surface area contributed by atoms with E-state index in [0.29, 0.717) is 29.3 Å². The Labute approximate surface area is 270 Å². The summed E-state index contributed by atoms with van der Waals surface area (Å²) >= 11 is 0. The number of alkyl halides is 2. The predicted octanol–water partition coefficient (Wildman–Crippen LogP) is 7.22. The number of nitrogen functional groups attached to an aromatic ring is 2. The molecule has 9 nitrogen and oxygen atoms in total. The second-order valence-corrected chi connectivity index (χ2v) is 21.2. The van der Waals surface area contributed by atoms with E-state index < -0.39 is 34.7 Å². The molecule has 0 spiro atoms. The highest BCUT2D eigenvalue weighted by Gasteiger charge is 2.34. The van der Waals surface area contributed by atoms with Gasteiger partial charge in [0.15, 0.2) is 16.6 Å². The third kappa shape index (κ3) is 12.7. The van der Waals surface area contributed by atoms with E-state index in [4.69, 9.17) is 34.5 Å². The van der Waals surface area contributed by atoms with Gasteiger partial charge in [0.1, 0.15) is 24.7 Å². The van der Waals surface area contributed by atoms with Crippen LogP contribution in [0, 0.1) is 0 Å². The smallest absolute Gasteiger partial charge is 0.426 e. The van der Waals surface area contributed by atoms with Gasteiger partial charge in [0.2, 0.25) is 0 Å². The zero-order chi connectivity index (χ0) is 34.0. The van der Waals surface area contributed by atoms with E-state index in [2.05, 4.69) is 32.7 Å². The van der Waals surface area contributed by atoms with Gasteiger partial charge in [0, 0.05) is 17.5 Å². The van der Waals surface area contributed by atoms with Crippen LogP contribution in [0.25, 0.3) is 6.08 Å². The molecule has 3 aromatic rings. The Balaban J connectivity index is 1.41. The number of benzene rings is 3. The van der Waals surface area contributed by atoms with E-state index in [9.17, 15) is 18.4 Å². The summed E-state index contributed by atoms with van der Waals surface area (Å²) in [6, 6.07) is 16.6. The number of rotatable bonds is 16. The maximum atomic E-state index is 14.8. The van der Waals surface area contributed by atoms with Gasteiger partial charge < -0.3 is 34.5 Å². The maximum absolute atomic E-state index is 14.8. The largest absolute Gasteiger partial charge is 0.494 e. The fourth-order valence-electron chi connectivity index (χ4n) is 4.53. The number of nitrogens with two attached hydrogens (primary N) is 2. The van der Waals surface area contributed by atoms with Crippen molar-refractivity contribution in [3.05, 3.63) is 89.5 Å². The van der Waals surface area contributed by atoms with Crippen molar-refractivity contribution in [2.45, 2.75) is 51.3 Å². The standard InChI is InChI=1S/C33H42F2N2O7Si2/c1-45(2,3)44-46(4,5)20-6-17-40-29-14-10-26(11-15-29)33(34,35)43-30-12-7-24(8-13-30)9-16-31(38)41-18-19-42-32(39)25-21-27(36)23-28(37)22-25/h7-16,21-23H,6,17-20,36-37H2,1-5H3/b16-9+. The van der Waals surface area contributed by atoms with Crippen LogP contribution in [0.1, 0.15) is 27.9 Å². The third-order valence-corrected chi connectivity index (χ3v) is 12.5. The molecule has 3 aromatic carbocycles. The number of anilines is 2. The number of hydrogen-bond acceptors (Lipinski definition) is 9. The number of ether oxygens (including phenoxy) is 4. The molecule has 0 saturated heterocycles. The minimum atomic E-state index is -3.58. The summed E-state index contributed by atoms with van der Waals surface area (Å²) in [6.45, 7) is 11.1. The van der Waals surface area contributed by atoms with Gasteiger partial charge in [-0.25, -0.2) is 9.59 Å². The summed E-state index contributed by atoms with van der Waals surface area (Å²) in [6.07, 6.45) is -0.130. The van der Waals surface area contributed by atoms with Crippen LogP contribution in [-0.4, -0.2) is 48.4 Å². The molecule has 46 heavy (non-hydrogen) atoms. The lowest BCUT2D eigenvalue weighted by atomic mass is 10.2. The summed E-state index contributed by atoms with van der Waals surface area (Å²) in [7, 11) is -3.36. The minimum absolute atomic E-state index is 0.0545. The maximum Gasteiger partial charge on any atom is 0.426 e. The van der Waals surface area contributed by atoms with E-state index in [-0.39, 0.29) is 30.1 Å². The first-order chi connectivity index (χ1) is 21.5. The quantitative estimate of drug-likeness (QED) is 0.0532. The first-order valence-electron chi connectivity index (χ1n) is 14.8. The average molecular weight is 673 g/mol. The number of carbonyl (C=O) groups excluding carboxylic acids is 2. The van der Waals surface area contributed by atoms with E-state index >= 15 is 0 Å². The van der Waals surface area contributed by atoms with Gasteiger partial charge in [-0.3, -0.25) is 0 Å². The molecule has 0 atom stereocenters. The van der Waals surface area contributed by atoms with Crippen molar-refractivity contribution in [3.8, 4) is 11.5 Å². The zero-order valence-electron chi connectivity index (χ0n) is 26.8. The first kappa shape index (κ1) is 36.3. The molecule has 0 aliphatic carbocycles. The van der Waals surface area contributed by atoms with Crippen molar-refractivity contribution in [2.75, 3.05) is 31.3 Å². The molecular formula is C33H42F2N2O7Si2. The van der Waals surface area contributed by atoms with Crippen LogP contribution in [0.3, 0.4) is 0 Å². The van der Waals surface area contributed by atoms with Crippen molar-refractivity contribution in [2.24, 2.45) is 0 Å². The number of esters is 2. The third-order valence-electron chi connectivity index (χ3n) is 6.28. The normalized spacial score (nSPS) is 12.2. The van der Waals surface area contributed by atoms with E-state index in [1.807, 2.05) is 0 Å². The molecule has 0 aromatic heterocycles. The molecule has 3 rings (SSSR count). The molecule has 13 heteroatoms. The Kier molecular flexibility index (Phi) is 12.5. The second-order valence-electron chi connectivity index (χ2n) is 12.2. The Hall–Kier alpha value is -4.21. The van der Waals surface area contributed by atoms with Gasteiger partial charge in [0.05, 0.1) is 17.7 Å². The van der Waals surface area contributed by atoms with Gasteiger partial charge in [-0.1, -0.05) is 12.1 Å². The highest BCUT2D eigenvalue weighted by molar-refractivity contribution is 6.84. The lowest BCUT2D eigenvalue weighted by Crippen LogP contribution is -2.42. The Bertz CT molecular complexity index is 1470. The second kappa shape index (κ2) is 15.9. The molecule has 0 fully saturated rings. The Morgan fingerprint density at radius 2 is 1.39 bits per heavy atom. The summed E-state index contributed by atoms with van der Waals surface area (Å²) in [5.41, 5.74) is 12.4. The van der Waals surface area contributed by atoms with Crippen molar-refractivity contribution in [3.63, 3.8) is 0 Å². The molecular weight excluding hydrogens is 631 g/mol. The highest BCUT2D eigenvalue weighted by Crippen LogP contribution is 2.33. The van der Waals surface area contributed by atoms with E-state index in [1.165, 1.54) is 78.9 Å². The van der Waals surface area contributed by atoms with Crippen molar-refractivity contribution < 1.29 is 41.4 Å². The SMILES string of the molecule is C[Si](C)(C)O[Si](C)(C)CCCOc1ccc(C(F)(F)Oc2ccc(/C=C/C(=O)OCCOC(=O)c3cc(N)cc(N)c3)cc2)cc1. The fraction of sp³-hybridized carbons (Fsp3) is 0.333. The summed E-state index contributed by atoms with van der Waals surface area (Å²) in [5, 5.41) is 0. The fourth-order valence-corrected chi connectivity index (χ4v) is 12.6. The molecule has 4 N–H and O–H groups in total. The van der Waals surface area contributed by atoms with Gasteiger partial charge in [-0.05, 0) is 111 Å². The summed E-state index contributed by atoms with van der Waals surface area (Å²) in [4.78, 5) is 24.1. The van der Waals surface area contributed by atoms with Crippen LogP contribution in [-0.2, 0) is 24.5 Å². The highest BCUT2D eigenvalue weighted by atomic mass is 28.4. The van der Waals surface area contributed by atoms with Crippen LogP contribution >= 0.6 is 0 Å². The number of hydrogen-bond donors (Lipinski definition) is 2. The molecule has 248 valence electrons. The van der Waals surface area contributed by atoms with Crippen molar-refractivity contribution in [1.82, 2.24) is 0 Å². The molecule has 0 aliphatic heterocycles. The number of halogens is 2. The first-order valence-corrected chi connectivity index (χ1v) is 21.3. The molecule has 0 aliphatic rings. The molecule has 0 saturated carbocycles. The van der Waals surface area contributed by atoms with E-state index in [1.54, 1.807) is 0 Å². The molecule has 0 unspecified atom stereocenters. The van der Waals surface area contributed by atoms with Gasteiger partial charge in [0.25, 0.3) is 0 Å².